The third-order valence-corrected chi connectivity index (χ3v) is 7.75. The summed E-state index contributed by atoms with van der Waals surface area (Å²) < 4.78 is 28.0. The van der Waals surface area contributed by atoms with Gasteiger partial charge in [-0.25, -0.2) is 8.60 Å². The van der Waals surface area contributed by atoms with Crippen LogP contribution in [-0.4, -0.2) is 22.1 Å². The molecule has 0 saturated heterocycles. The molecule has 7 heteroatoms. The van der Waals surface area contributed by atoms with Gasteiger partial charge in [-0.3, -0.25) is 9.59 Å². The first-order valence-corrected chi connectivity index (χ1v) is 12.2. The summed E-state index contributed by atoms with van der Waals surface area (Å²) in [4.78, 5) is 28.8. The van der Waals surface area contributed by atoms with E-state index in [9.17, 15) is 18.2 Å². The van der Waals surface area contributed by atoms with Crippen molar-refractivity contribution in [1.82, 2.24) is 5.32 Å². The fourth-order valence-electron chi connectivity index (χ4n) is 4.50. The van der Waals surface area contributed by atoms with E-state index in [1.807, 2.05) is 0 Å². The van der Waals surface area contributed by atoms with Crippen LogP contribution in [0.15, 0.2) is 76.5 Å². The second-order valence-electron chi connectivity index (χ2n) is 8.38. The van der Waals surface area contributed by atoms with Crippen LogP contribution in [0.3, 0.4) is 0 Å². The Hall–Kier alpha value is -3.32. The Morgan fingerprint density at radius 1 is 1.00 bits per heavy atom. The zero-order chi connectivity index (χ0) is 22.9. The molecule has 2 aliphatic rings. The first-order valence-electron chi connectivity index (χ1n) is 11.0. The second kappa shape index (κ2) is 8.90. The van der Waals surface area contributed by atoms with Gasteiger partial charge < -0.3 is 10.2 Å². The van der Waals surface area contributed by atoms with Crippen molar-refractivity contribution in [3.8, 4) is 0 Å². The minimum Gasteiger partial charge on any atom is -0.349 e. The van der Waals surface area contributed by atoms with Crippen molar-refractivity contribution in [2.45, 2.75) is 48.1 Å². The van der Waals surface area contributed by atoms with Gasteiger partial charge in [0.05, 0.1) is 38.4 Å². The van der Waals surface area contributed by atoms with E-state index in [0.29, 0.717) is 32.2 Å². The van der Waals surface area contributed by atoms with E-state index in [4.69, 9.17) is 0 Å². The minimum atomic E-state index is -1.63. The van der Waals surface area contributed by atoms with Crippen LogP contribution in [0, 0.1) is 5.82 Å². The van der Waals surface area contributed by atoms with Gasteiger partial charge in [-0.2, -0.15) is 0 Å². The SMILES string of the molecule is O=C(NC1CCCC1)c1ccc2c(c1)N(Cc1ccccc1F)C(=O)c1ccccc1S2=O. The number of amides is 2. The van der Waals surface area contributed by atoms with Gasteiger partial charge in [-0.05, 0) is 49.2 Å². The molecule has 5 nitrogen and oxygen atoms in total. The van der Waals surface area contributed by atoms with Gasteiger partial charge in [0.2, 0.25) is 0 Å². The molecule has 1 heterocycles. The highest BCUT2D eigenvalue weighted by atomic mass is 32.2. The van der Waals surface area contributed by atoms with Crippen molar-refractivity contribution in [2.75, 3.05) is 4.90 Å². The summed E-state index contributed by atoms with van der Waals surface area (Å²) in [5.74, 6) is -1.04. The number of hydrogen-bond donors (Lipinski definition) is 1. The van der Waals surface area contributed by atoms with E-state index >= 15 is 0 Å². The highest BCUT2D eigenvalue weighted by Gasteiger charge is 2.32. The van der Waals surface area contributed by atoms with E-state index < -0.39 is 16.6 Å². The molecule has 1 N–H and O–H groups in total. The minimum absolute atomic E-state index is 0.0439. The first-order chi connectivity index (χ1) is 16.0. The van der Waals surface area contributed by atoms with Crippen LogP contribution < -0.4 is 10.2 Å². The molecule has 2 amide bonds. The topological polar surface area (TPSA) is 66.5 Å². The number of carbonyl (C=O) groups excluding carboxylic acids is 2. The lowest BCUT2D eigenvalue weighted by Gasteiger charge is -2.24. The lowest BCUT2D eigenvalue weighted by Crippen LogP contribution is -2.33. The molecule has 1 fully saturated rings. The lowest BCUT2D eigenvalue weighted by molar-refractivity contribution is 0.0935. The van der Waals surface area contributed by atoms with Gasteiger partial charge in [0, 0.05) is 17.2 Å². The number of nitrogens with zero attached hydrogens (tertiary/aromatic N) is 1. The molecule has 0 radical (unpaired) electrons. The molecular weight excluding hydrogens is 439 g/mol. The van der Waals surface area contributed by atoms with Crippen LogP contribution in [0.5, 0.6) is 0 Å². The van der Waals surface area contributed by atoms with Crippen molar-refractivity contribution in [3.05, 3.63) is 89.2 Å². The zero-order valence-electron chi connectivity index (χ0n) is 17.9. The van der Waals surface area contributed by atoms with Gasteiger partial charge in [0.15, 0.2) is 0 Å². The maximum atomic E-state index is 14.5. The molecule has 1 atom stereocenters. The molecule has 5 rings (SSSR count). The number of nitrogens with one attached hydrogen (secondary N) is 1. The summed E-state index contributed by atoms with van der Waals surface area (Å²) in [5.41, 5.74) is 1.38. The first kappa shape index (κ1) is 21.5. The van der Waals surface area contributed by atoms with Gasteiger partial charge >= 0.3 is 0 Å². The van der Waals surface area contributed by atoms with Gasteiger partial charge in [-0.15, -0.1) is 0 Å². The molecule has 168 valence electrons. The number of benzene rings is 3. The van der Waals surface area contributed by atoms with Crippen LogP contribution in [-0.2, 0) is 17.3 Å². The Morgan fingerprint density at radius 2 is 1.73 bits per heavy atom. The summed E-state index contributed by atoms with van der Waals surface area (Å²) in [6.45, 7) is -0.0439. The number of rotatable bonds is 4. The Bertz CT molecular complexity index is 1270. The van der Waals surface area contributed by atoms with Crippen LogP contribution in [0.25, 0.3) is 0 Å². The van der Waals surface area contributed by atoms with Crippen molar-refractivity contribution in [1.29, 1.82) is 0 Å². The standard InChI is InChI=1S/C26H23FN2O3S/c27-21-11-5-1-7-18(21)16-29-22-15-17(25(30)28-19-8-2-3-9-19)13-14-24(22)33(32)23-12-6-4-10-20(23)26(29)31/h1,4-7,10-15,19H,2-3,8-9,16H2,(H,28,30). The Balaban J connectivity index is 1.60. The number of anilines is 1. The lowest BCUT2D eigenvalue weighted by atomic mass is 10.1. The Kier molecular flexibility index (Phi) is 5.81. The molecule has 0 aromatic heterocycles. The quantitative estimate of drug-likeness (QED) is 0.604. The predicted octanol–water partition coefficient (Wildman–Crippen LogP) is 4.83. The largest absolute Gasteiger partial charge is 0.349 e. The third-order valence-electron chi connectivity index (χ3n) is 6.25. The van der Waals surface area contributed by atoms with Crippen LogP contribution >= 0.6 is 0 Å². The highest BCUT2D eigenvalue weighted by molar-refractivity contribution is 7.85. The average molecular weight is 463 g/mol. The summed E-state index contributed by atoms with van der Waals surface area (Å²) >= 11 is 0. The average Bonchev–Trinajstić information content (AvgIpc) is 3.33. The fraction of sp³-hybridized carbons (Fsp3) is 0.231. The number of hydrogen-bond acceptors (Lipinski definition) is 3. The van der Waals surface area contributed by atoms with Crippen molar-refractivity contribution in [2.24, 2.45) is 0 Å². The van der Waals surface area contributed by atoms with E-state index in [2.05, 4.69) is 5.32 Å². The van der Waals surface area contributed by atoms with Crippen LogP contribution in [0.2, 0.25) is 0 Å². The third kappa shape index (κ3) is 4.09. The molecule has 1 unspecified atom stereocenters. The van der Waals surface area contributed by atoms with Crippen molar-refractivity contribution < 1.29 is 18.2 Å². The maximum Gasteiger partial charge on any atom is 0.259 e. The number of carbonyl (C=O) groups is 2. The summed E-state index contributed by atoms with van der Waals surface area (Å²) in [5, 5.41) is 3.05. The van der Waals surface area contributed by atoms with E-state index in [0.717, 1.165) is 25.7 Å². The zero-order valence-corrected chi connectivity index (χ0v) is 18.7. The maximum absolute atomic E-state index is 14.5. The van der Waals surface area contributed by atoms with Crippen molar-refractivity contribution in [3.63, 3.8) is 0 Å². The Morgan fingerprint density at radius 3 is 2.52 bits per heavy atom. The molecule has 3 aromatic rings. The van der Waals surface area contributed by atoms with Gasteiger partial charge in [0.25, 0.3) is 11.8 Å². The van der Waals surface area contributed by atoms with Crippen LogP contribution in [0.4, 0.5) is 10.1 Å². The summed E-state index contributed by atoms with van der Waals surface area (Å²) in [7, 11) is -1.63. The van der Waals surface area contributed by atoms with Crippen molar-refractivity contribution >= 4 is 28.3 Å². The molecule has 0 bridgehead atoms. The molecule has 1 aliphatic carbocycles. The van der Waals surface area contributed by atoms with Gasteiger partial charge in [0.1, 0.15) is 5.82 Å². The number of halogens is 1. The normalized spacial score (nSPS) is 17.9. The summed E-state index contributed by atoms with van der Waals surface area (Å²) in [6.07, 6.45) is 4.09. The highest BCUT2D eigenvalue weighted by Crippen LogP contribution is 2.36. The fourth-order valence-corrected chi connectivity index (χ4v) is 5.84. The van der Waals surface area contributed by atoms with E-state index in [-0.39, 0.29) is 24.4 Å². The monoisotopic (exact) mass is 462 g/mol. The van der Waals surface area contributed by atoms with Crippen LogP contribution in [0.1, 0.15) is 52.0 Å². The number of fused-ring (bicyclic) bond motifs is 2. The molecule has 0 spiro atoms. The molecule has 33 heavy (non-hydrogen) atoms. The molecule has 3 aromatic carbocycles. The van der Waals surface area contributed by atoms with E-state index in [1.54, 1.807) is 60.7 Å². The smallest absolute Gasteiger partial charge is 0.259 e. The Labute approximate surface area is 194 Å². The molecule has 1 aliphatic heterocycles. The van der Waals surface area contributed by atoms with Gasteiger partial charge in [-0.1, -0.05) is 43.2 Å². The second-order valence-corrected chi connectivity index (χ2v) is 9.80. The molecule has 1 saturated carbocycles. The predicted molar refractivity (Wildman–Crippen MR) is 124 cm³/mol. The molecular formula is C26H23FN2O3S. The summed E-state index contributed by atoms with van der Waals surface area (Å²) in [6, 6.07) is 18.0. The van der Waals surface area contributed by atoms with E-state index in [1.165, 1.54) is 11.0 Å².